The molecule has 0 radical (unpaired) electrons. The molecule has 160 valence electrons. The first-order valence-corrected chi connectivity index (χ1v) is 10.0. The zero-order valence-corrected chi connectivity index (χ0v) is 16.4. The summed E-state index contributed by atoms with van der Waals surface area (Å²) in [5.74, 6) is -0.940. The summed E-state index contributed by atoms with van der Waals surface area (Å²) in [5, 5.41) is -0.672. The SMILES string of the molecule is Fc1cc2cc(-c3ccc(C4CCCCC4)cc3)cc(F)c2c(F)c1C#CC(F)(F)F. The third-order valence-electron chi connectivity index (χ3n) is 5.73. The van der Waals surface area contributed by atoms with Crippen molar-refractivity contribution in [2.24, 2.45) is 0 Å². The predicted molar refractivity (Wildman–Crippen MR) is 108 cm³/mol. The molecule has 1 aliphatic rings. The van der Waals surface area contributed by atoms with Crippen LogP contribution in [-0.4, -0.2) is 6.18 Å². The summed E-state index contributed by atoms with van der Waals surface area (Å²) in [6, 6.07) is 11.0. The molecule has 3 aromatic carbocycles. The largest absolute Gasteiger partial charge is 0.458 e. The molecule has 0 bridgehead atoms. The highest BCUT2D eigenvalue weighted by atomic mass is 19.4. The Hall–Kier alpha value is -2.94. The molecular weight excluding hydrogens is 414 g/mol. The van der Waals surface area contributed by atoms with Gasteiger partial charge >= 0.3 is 6.18 Å². The highest BCUT2D eigenvalue weighted by molar-refractivity contribution is 5.89. The summed E-state index contributed by atoms with van der Waals surface area (Å²) in [5.41, 5.74) is 1.22. The summed E-state index contributed by atoms with van der Waals surface area (Å²) < 4.78 is 80.5. The van der Waals surface area contributed by atoms with E-state index in [1.54, 1.807) is 0 Å². The van der Waals surface area contributed by atoms with Crippen molar-refractivity contribution in [2.75, 3.05) is 0 Å². The van der Waals surface area contributed by atoms with Gasteiger partial charge in [0.25, 0.3) is 0 Å². The molecule has 0 aromatic heterocycles. The molecule has 0 aliphatic heterocycles. The number of fused-ring (bicyclic) bond motifs is 1. The van der Waals surface area contributed by atoms with Crippen molar-refractivity contribution >= 4 is 10.8 Å². The van der Waals surface area contributed by atoms with Crippen LogP contribution in [0.4, 0.5) is 26.3 Å². The smallest absolute Gasteiger partial charge is 0.206 e. The lowest BCUT2D eigenvalue weighted by Gasteiger charge is -2.22. The Morgan fingerprint density at radius 3 is 2.10 bits per heavy atom. The number of rotatable bonds is 2. The van der Waals surface area contributed by atoms with Crippen molar-refractivity contribution in [2.45, 2.75) is 44.2 Å². The molecule has 0 N–H and O–H groups in total. The standard InChI is InChI=1S/C25H18F6/c26-21-14-19-12-18(17-8-6-16(7-9-17)15-4-2-1-3-5-15)13-22(27)23(19)24(28)20(21)10-11-25(29,30)31/h6-9,12-15H,1-5H2. The first-order valence-electron chi connectivity index (χ1n) is 10.0. The van der Waals surface area contributed by atoms with Crippen molar-refractivity contribution in [1.29, 1.82) is 0 Å². The first kappa shape index (κ1) is 21.3. The van der Waals surface area contributed by atoms with Crippen LogP contribution in [0.5, 0.6) is 0 Å². The van der Waals surface area contributed by atoms with E-state index in [0.29, 0.717) is 17.0 Å². The van der Waals surface area contributed by atoms with Gasteiger partial charge in [-0.3, -0.25) is 0 Å². The van der Waals surface area contributed by atoms with Gasteiger partial charge in [0.2, 0.25) is 0 Å². The quantitative estimate of drug-likeness (QED) is 0.285. The molecule has 31 heavy (non-hydrogen) atoms. The number of benzene rings is 3. The average molecular weight is 432 g/mol. The maximum atomic E-state index is 14.7. The molecule has 3 aromatic rings. The van der Waals surface area contributed by atoms with Crippen molar-refractivity contribution in [1.82, 2.24) is 0 Å². The van der Waals surface area contributed by atoms with Crippen LogP contribution in [0, 0.1) is 29.3 Å². The number of alkyl halides is 3. The molecular formula is C25H18F6. The molecule has 0 unspecified atom stereocenters. The van der Waals surface area contributed by atoms with Gasteiger partial charge in [0.15, 0.2) is 5.82 Å². The summed E-state index contributed by atoms with van der Waals surface area (Å²) in [6.45, 7) is 0. The lowest BCUT2D eigenvalue weighted by Crippen LogP contribution is -2.04. The van der Waals surface area contributed by atoms with E-state index in [0.717, 1.165) is 30.9 Å². The van der Waals surface area contributed by atoms with Gasteiger partial charge in [0.05, 0.1) is 10.9 Å². The Morgan fingerprint density at radius 1 is 0.774 bits per heavy atom. The van der Waals surface area contributed by atoms with E-state index in [-0.39, 0.29) is 5.39 Å². The summed E-state index contributed by atoms with van der Waals surface area (Å²) in [4.78, 5) is 0. The number of hydrogen-bond acceptors (Lipinski definition) is 0. The van der Waals surface area contributed by atoms with Crippen LogP contribution < -0.4 is 0 Å². The third-order valence-corrected chi connectivity index (χ3v) is 5.73. The normalized spacial score (nSPS) is 15.0. The monoisotopic (exact) mass is 432 g/mol. The van der Waals surface area contributed by atoms with E-state index in [9.17, 15) is 26.3 Å². The van der Waals surface area contributed by atoms with E-state index in [1.165, 1.54) is 36.8 Å². The number of halogens is 6. The van der Waals surface area contributed by atoms with Gasteiger partial charge in [-0.05, 0) is 59.0 Å². The molecule has 0 spiro atoms. The van der Waals surface area contributed by atoms with E-state index < -0.39 is 34.6 Å². The Kier molecular flexibility index (Phi) is 5.70. The van der Waals surface area contributed by atoms with Crippen LogP contribution in [0.15, 0.2) is 42.5 Å². The minimum atomic E-state index is -4.92. The minimum Gasteiger partial charge on any atom is -0.206 e. The van der Waals surface area contributed by atoms with Gasteiger partial charge in [-0.2, -0.15) is 13.2 Å². The molecule has 6 heteroatoms. The van der Waals surface area contributed by atoms with Gasteiger partial charge in [0.1, 0.15) is 11.6 Å². The highest BCUT2D eigenvalue weighted by Crippen LogP contribution is 2.35. The molecule has 0 heterocycles. The van der Waals surface area contributed by atoms with Gasteiger partial charge in [0, 0.05) is 5.92 Å². The van der Waals surface area contributed by atoms with Gasteiger partial charge in [-0.1, -0.05) is 49.4 Å². The second-order valence-electron chi connectivity index (χ2n) is 7.81. The molecule has 0 nitrogen and oxygen atoms in total. The van der Waals surface area contributed by atoms with Crippen molar-refractivity contribution in [3.8, 4) is 23.0 Å². The average Bonchev–Trinajstić information content (AvgIpc) is 2.73. The molecule has 0 atom stereocenters. The maximum absolute atomic E-state index is 14.7. The van der Waals surface area contributed by atoms with Gasteiger partial charge in [-0.25, -0.2) is 13.2 Å². The summed E-state index contributed by atoms with van der Waals surface area (Å²) in [6.07, 6.45) is 1.02. The maximum Gasteiger partial charge on any atom is 0.458 e. The second kappa shape index (κ2) is 8.30. The Balaban J connectivity index is 1.73. The van der Waals surface area contributed by atoms with Crippen LogP contribution in [0.3, 0.4) is 0 Å². The van der Waals surface area contributed by atoms with E-state index in [2.05, 4.69) is 0 Å². The van der Waals surface area contributed by atoms with Crippen LogP contribution in [0.25, 0.3) is 21.9 Å². The molecule has 0 saturated heterocycles. The third kappa shape index (κ3) is 4.56. The number of hydrogen-bond donors (Lipinski definition) is 0. The highest BCUT2D eigenvalue weighted by Gasteiger charge is 2.24. The lowest BCUT2D eigenvalue weighted by molar-refractivity contribution is -0.0696. The Labute approximate surface area is 175 Å². The first-order chi connectivity index (χ1) is 14.7. The van der Waals surface area contributed by atoms with Gasteiger partial charge < -0.3 is 0 Å². The van der Waals surface area contributed by atoms with Gasteiger partial charge in [-0.15, -0.1) is 0 Å². The molecule has 1 aliphatic carbocycles. The minimum absolute atomic E-state index is 0.0843. The van der Waals surface area contributed by atoms with Crippen LogP contribution in [-0.2, 0) is 0 Å². The molecule has 0 amide bonds. The lowest BCUT2D eigenvalue weighted by atomic mass is 9.83. The molecule has 4 rings (SSSR count). The van der Waals surface area contributed by atoms with E-state index in [4.69, 9.17) is 0 Å². The zero-order chi connectivity index (χ0) is 22.2. The van der Waals surface area contributed by atoms with E-state index in [1.807, 2.05) is 24.3 Å². The Bertz CT molecular complexity index is 1170. The topological polar surface area (TPSA) is 0 Å². The van der Waals surface area contributed by atoms with Crippen molar-refractivity contribution < 1.29 is 26.3 Å². The van der Waals surface area contributed by atoms with Crippen LogP contribution in [0.1, 0.15) is 49.1 Å². The fourth-order valence-electron chi connectivity index (χ4n) is 4.21. The Morgan fingerprint density at radius 2 is 1.45 bits per heavy atom. The van der Waals surface area contributed by atoms with Crippen LogP contribution in [0.2, 0.25) is 0 Å². The molecule has 1 fully saturated rings. The van der Waals surface area contributed by atoms with Crippen molar-refractivity contribution in [3.05, 3.63) is 71.0 Å². The van der Waals surface area contributed by atoms with Crippen molar-refractivity contribution in [3.63, 3.8) is 0 Å². The fourth-order valence-corrected chi connectivity index (χ4v) is 4.21. The summed E-state index contributed by atoms with van der Waals surface area (Å²) in [7, 11) is 0. The zero-order valence-electron chi connectivity index (χ0n) is 16.4. The fraction of sp³-hybridized carbons (Fsp3) is 0.280. The summed E-state index contributed by atoms with van der Waals surface area (Å²) >= 11 is 0. The molecule has 1 saturated carbocycles. The van der Waals surface area contributed by atoms with E-state index >= 15 is 0 Å². The second-order valence-corrected chi connectivity index (χ2v) is 7.81. The van der Waals surface area contributed by atoms with Crippen LogP contribution >= 0.6 is 0 Å². The predicted octanol–water partition coefficient (Wildman–Crippen LogP) is 7.89.